The number of hydrogen-bond acceptors (Lipinski definition) is 3. The summed E-state index contributed by atoms with van der Waals surface area (Å²) in [5.74, 6) is 0.656. The van der Waals surface area contributed by atoms with E-state index in [1.165, 1.54) is 6.42 Å². The van der Waals surface area contributed by atoms with E-state index < -0.39 is 10.0 Å². The molecule has 1 fully saturated rings. The van der Waals surface area contributed by atoms with Gasteiger partial charge in [0.1, 0.15) is 0 Å². The second-order valence-corrected chi connectivity index (χ2v) is 8.38. The Kier molecular flexibility index (Phi) is 5.62. The highest BCUT2D eigenvalue weighted by atomic mass is 32.2. The minimum Gasteiger partial charge on any atom is -0.312 e. The molecule has 1 saturated heterocycles. The van der Waals surface area contributed by atoms with Crippen molar-refractivity contribution in [1.82, 2.24) is 10.0 Å². The summed E-state index contributed by atoms with van der Waals surface area (Å²) < 4.78 is 26.4. The molecule has 0 bridgehead atoms. The molecule has 18 heavy (non-hydrogen) atoms. The van der Waals surface area contributed by atoms with Gasteiger partial charge in [-0.15, -0.1) is 0 Å². The molecule has 108 valence electrons. The Bertz CT molecular complexity index is 350. The van der Waals surface area contributed by atoms with Gasteiger partial charge in [-0.05, 0) is 37.1 Å². The molecule has 2 N–H and O–H groups in total. The number of piperidine rings is 1. The maximum Gasteiger partial charge on any atom is 0.211 e. The van der Waals surface area contributed by atoms with Crippen LogP contribution in [0.2, 0.25) is 0 Å². The molecule has 0 aromatic carbocycles. The Morgan fingerprint density at radius 2 is 2.06 bits per heavy atom. The van der Waals surface area contributed by atoms with Crippen LogP contribution in [0.3, 0.4) is 0 Å². The van der Waals surface area contributed by atoms with Crippen LogP contribution in [-0.2, 0) is 10.0 Å². The lowest BCUT2D eigenvalue weighted by Gasteiger charge is -2.39. The fraction of sp³-hybridized carbons (Fsp3) is 1.00. The van der Waals surface area contributed by atoms with E-state index in [2.05, 4.69) is 23.9 Å². The second-order valence-electron chi connectivity index (χ2n) is 6.45. The van der Waals surface area contributed by atoms with Gasteiger partial charge in [-0.1, -0.05) is 27.7 Å². The van der Waals surface area contributed by atoms with Crippen molar-refractivity contribution in [3.8, 4) is 0 Å². The van der Waals surface area contributed by atoms with Crippen molar-refractivity contribution in [2.45, 2.75) is 53.0 Å². The molecule has 0 aliphatic carbocycles. The van der Waals surface area contributed by atoms with Crippen LogP contribution in [0, 0.1) is 11.3 Å². The Balaban J connectivity index is 2.43. The molecule has 4 nitrogen and oxygen atoms in total. The fourth-order valence-electron chi connectivity index (χ4n) is 2.29. The van der Waals surface area contributed by atoms with Gasteiger partial charge in [-0.3, -0.25) is 0 Å². The zero-order valence-corrected chi connectivity index (χ0v) is 12.9. The van der Waals surface area contributed by atoms with E-state index in [1.54, 1.807) is 0 Å². The summed E-state index contributed by atoms with van der Waals surface area (Å²) in [5, 5.41) is 3.42. The number of hydrogen-bond donors (Lipinski definition) is 2. The molecule has 0 spiro atoms. The van der Waals surface area contributed by atoms with Gasteiger partial charge >= 0.3 is 0 Å². The summed E-state index contributed by atoms with van der Waals surface area (Å²) >= 11 is 0. The highest BCUT2D eigenvalue weighted by molar-refractivity contribution is 7.89. The van der Waals surface area contributed by atoms with Crippen LogP contribution in [0.4, 0.5) is 0 Å². The molecular weight excluding hydrogens is 248 g/mol. The van der Waals surface area contributed by atoms with E-state index in [-0.39, 0.29) is 17.2 Å². The van der Waals surface area contributed by atoms with E-state index in [0.717, 1.165) is 19.4 Å². The number of sulfonamides is 1. The molecule has 1 aliphatic heterocycles. The topological polar surface area (TPSA) is 58.2 Å². The summed E-state index contributed by atoms with van der Waals surface area (Å²) in [6.45, 7) is 9.98. The average molecular weight is 276 g/mol. The van der Waals surface area contributed by atoms with E-state index in [4.69, 9.17) is 0 Å². The molecule has 1 heterocycles. The molecule has 5 heteroatoms. The fourth-order valence-corrected chi connectivity index (χ4v) is 3.64. The maximum atomic E-state index is 11.8. The quantitative estimate of drug-likeness (QED) is 0.777. The first-order valence-corrected chi connectivity index (χ1v) is 8.59. The lowest BCUT2D eigenvalue weighted by Crippen LogP contribution is -2.53. The summed E-state index contributed by atoms with van der Waals surface area (Å²) in [5.41, 5.74) is 0.165. The molecule has 0 aromatic rings. The molecule has 1 atom stereocenters. The largest absolute Gasteiger partial charge is 0.312 e. The van der Waals surface area contributed by atoms with Crippen LogP contribution in [0.1, 0.15) is 47.0 Å². The summed E-state index contributed by atoms with van der Waals surface area (Å²) in [7, 11) is -3.12. The maximum absolute atomic E-state index is 11.8. The third kappa shape index (κ3) is 5.24. The molecule has 1 rings (SSSR count). The van der Waals surface area contributed by atoms with Crippen LogP contribution in [0.15, 0.2) is 0 Å². The van der Waals surface area contributed by atoms with Gasteiger partial charge < -0.3 is 5.32 Å². The van der Waals surface area contributed by atoms with Crippen molar-refractivity contribution >= 4 is 10.0 Å². The molecular formula is C13H28N2O2S. The zero-order chi connectivity index (χ0) is 13.8. The van der Waals surface area contributed by atoms with E-state index >= 15 is 0 Å². The lowest BCUT2D eigenvalue weighted by atomic mass is 9.78. The number of rotatable bonds is 6. The first-order valence-electron chi connectivity index (χ1n) is 6.94. The second kappa shape index (κ2) is 6.35. The van der Waals surface area contributed by atoms with Crippen molar-refractivity contribution in [3.05, 3.63) is 0 Å². The van der Waals surface area contributed by atoms with Gasteiger partial charge in [-0.25, -0.2) is 13.1 Å². The standard InChI is InChI=1S/C13H28N2O2S/c1-11(2)6-9-18(16,17)15-10-12-13(3,4)7-5-8-14-12/h11-12,14-15H,5-10H2,1-4H3. The van der Waals surface area contributed by atoms with Crippen LogP contribution in [-0.4, -0.2) is 33.3 Å². The Labute approximate surface area is 112 Å². The third-order valence-corrected chi connectivity index (χ3v) is 5.18. The van der Waals surface area contributed by atoms with Crippen LogP contribution >= 0.6 is 0 Å². The summed E-state index contributed by atoms with van der Waals surface area (Å²) in [6, 6.07) is 0.236. The highest BCUT2D eigenvalue weighted by Gasteiger charge is 2.32. The first kappa shape index (κ1) is 15.9. The molecule has 1 unspecified atom stereocenters. The van der Waals surface area contributed by atoms with Crippen LogP contribution < -0.4 is 10.0 Å². The van der Waals surface area contributed by atoms with Gasteiger partial charge in [-0.2, -0.15) is 0 Å². The van der Waals surface area contributed by atoms with Gasteiger partial charge in [0.05, 0.1) is 5.75 Å². The Morgan fingerprint density at radius 3 is 2.61 bits per heavy atom. The molecule has 0 saturated carbocycles. The molecule has 0 aromatic heterocycles. The van der Waals surface area contributed by atoms with Crippen LogP contribution in [0.25, 0.3) is 0 Å². The zero-order valence-electron chi connectivity index (χ0n) is 12.1. The summed E-state index contributed by atoms with van der Waals surface area (Å²) in [6.07, 6.45) is 3.04. The van der Waals surface area contributed by atoms with E-state index in [0.29, 0.717) is 12.5 Å². The van der Waals surface area contributed by atoms with Gasteiger partial charge in [0, 0.05) is 12.6 Å². The molecule has 1 aliphatic rings. The molecule has 0 amide bonds. The van der Waals surface area contributed by atoms with Crippen molar-refractivity contribution < 1.29 is 8.42 Å². The monoisotopic (exact) mass is 276 g/mol. The van der Waals surface area contributed by atoms with Crippen molar-refractivity contribution in [3.63, 3.8) is 0 Å². The predicted molar refractivity (Wildman–Crippen MR) is 76.1 cm³/mol. The minimum absolute atomic E-state index is 0.165. The van der Waals surface area contributed by atoms with Crippen molar-refractivity contribution in [2.24, 2.45) is 11.3 Å². The van der Waals surface area contributed by atoms with E-state index in [1.807, 2.05) is 13.8 Å². The van der Waals surface area contributed by atoms with Crippen molar-refractivity contribution in [2.75, 3.05) is 18.8 Å². The highest BCUT2D eigenvalue weighted by Crippen LogP contribution is 2.29. The lowest BCUT2D eigenvalue weighted by molar-refractivity contribution is 0.181. The van der Waals surface area contributed by atoms with E-state index in [9.17, 15) is 8.42 Å². The number of nitrogens with one attached hydrogen (secondary N) is 2. The minimum atomic E-state index is -3.12. The average Bonchev–Trinajstić information content (AvgIpc) is 2.25. The normalized spacial score (nSPS) is 24.4. The third-order valence-electron chi connectivity index (χ3n) is 3.80. The smallest absolute Gasteiger partial charge is 0.211 e. The van der Waals surface area contributed by atoms with Crippen LogP contribution in [0.5, 0.6) is 0 Å². The Morgan fingerprint density at radius 1 is 1.39 bits per heavy atom. The Hall–Kier alpha value is -0.130. The van der Waals surface area contributed by atoms with Gasteiger partial charge in [0.15, 0.2) is 0 Å². The van der Waals surface area contributed by atoms with Gasteiger partial charge in [0.25, 0.3) is 0 Å². The van der Waals surface area contributed by atoms with Gasteiger partial charge in [0.2, 0.25) is 10.0 Å². The summed E-state index contributed by atoms with van der Waals surface area (Å²) in [4.78, 5) is 0. The molecule has 0 radical (unpaired) electrons. The predicted octanol–water partition coefficient (Wildman–Crippen LogP) is 1.73. The van der Waals surface area contributed by atoms with Crippen molar-refractivity contribution in [1.29, 1.82) is 0 Å². The first-order chi connectivity index (χ1) is 8.23. The SMILES string of the molecule is CC(C)CCS(=O)(=O)NCC1NCCCC1(C)C.